The second-order valence-corrected chi connectivity index (χ2v) is 6.82. The normalized spacial score (nSPS) is 32.3. The zero-order chi connectivity index (χ0) is 10.9. The minimum Gasteiger partial charge on any atom is -0.387 e. The summed E-state index contributed by atoms with van der Waals surface area (Å²) in [6, 6.07) is -0.0735. The van der Waals surface area contributed by atoms with E-state index in [1.807, 2.05) is 0 Å². The summed E-state index contributed by atoms with van der Waals surface area (Å²) in [6.07, 6.45) is 5.34. The van der Waals surface area contributed by atoms with Crippen molar-refractivity contribution < 1.29 is 8.42 Å². The molecular formula is C10H18N2O2S. The molecule has 0 bridgehead atoms. The third-order valence-corrected chi connectivity index (χ3v) is 5.06. The van der Waals surface area contributed by atoms with Crippen LogP contribution in [0.15, 0.2) is 4.99 Å². The van der Waals surface area contributed by atoms with Crippen molar-refractivity contribution in [1.82, 2.24) is 0 Å². The molecule has 0 aromatic rings. The van der Waals surface area contributed by atoms with Gasteiger partial charge in [0.2, 0.25) is 0 Å². The van der Waals surface area contributed by atoms with Crippen LogP contribution in [0.25, 0.3) is 0 Å². The lowest BCUT2D eigenvalue weighted by molar-refractivity contribution is 0.601. The quantitative estimate of drug-likeness (QED) is 0.561. The highest BCUT2D eigenvalue weighted by atomic mass is 32.2. The molecule has 15 heavy (non-hydrogen) atoms. The van der Waals surface area contributed by atoms with Crippen LogP contribution in [0.3, 0.4) is 0 Å². The summed E-state index contributed by atoms with van der Waals surface area (Å²) in [5.74, 6) is 1.57. The maximum absolute atomic E-state index is 11.2. The van der Waals surface area contributed by atoms with Crippen LogP contribution in [0.1, 0.15) is 32.1 Å². The van der Waals surface area contributed by atoms with Crippen LogP contribution in [-0.2, 0) is 9.84 Å². The average Bonchev–Trinajstić information content (AvgIpc) is 2.74. The second kappa shape index (κ2) is 4.12. The predicted molar refractivity (Wildman–Crippen MR) is 60.6 cm³/mol. The number of amidine groups is 1. The summed E-state index contributed by atoms with van der Waals surface area (Å²) in [6.45, 7) is 0. The van der Waals surface area contributed by atoms with Crippen molar-refractivity contribution in [2.45, 2.75) is 38.1 Å². The number of sulfone groups is 1. The van der Waals surface area contributed by atoms with Crippen LogP contribution in [-0.4, -0.2) is 31.8 Å². The molecule has 1 aliphatic carbocycles. The molecule has 2 rings (SSSR count). The fourth-order valence-corrected chi connectivity index (χ4v) is 4.04. The van der Waals surface area contributed by atoms with Gasteiger partial charge in [-0.3, -0.25) is 4.99 Å². The van der Waals surface area contributed by atoms with Crippen LogP contribution < -0.4 is 5.73 Å². The number of nitrogens with zero attached hydrogens (tertiary/aromatic N) is 1. The second-order valence-electron chi connectivity index (χ2n) is 4.59. The van der Waals surface area contributed by atoms with E-state index in [0.717, 1.165) is 12.8 Å². The molecule has 1 atom stereocenters. The van der Waals surface area contributed by atoms with E-state index >= 15 is 0 Å². The fraction of sp³-hybridized carbons (Fsp3) is 0.900. The van der Waals surface area contributed by atoms with Crippen molar-refractivity contribution in [3.63, 3.8) is 0 Å². The molecule has 2 N–H and O–H groups in total. The Morgan fingerprint density at radius 2 is 1.87 bits per heavy atom. The summed E-state index contributed by atoms with van der Waals surface area (Å²) < 4.78 is 22.5. The van der Waals surface area contributed by atoms with Crippen LogP contribution in [0.4, 0.5) is 0 Å². The van der Waals surface area contributed by atoms with E-state index in [2.05, 4.69) is 4.99 Å². The SMILES string of the molecule is NC(=NC1CCS(=O)(=O)C1)C1CCCC1. The molecule has 1 saturated heterocycles. The highest BCUT2D eigenvalue weighted by molar-refractivity contribution is 7.91. The number of rotatable bonds is 2. The first kappa shape index (κ1) is 10.9. The lowest BCUT2D eigenvalue weighted by atomic mass is 10.1. The van der Waals surface area contributed by atoms with Gasteiger partial charge in [-0.15, -0.1) is 0 Å². The molecule has 1 aliphatic heterocycles. The van der Waals surface area contributed by atoms with Crippen molar-refractivity contribution in [3.05, 3.63) is 0 Å². The van der Waals surface area contributed by atoms with E-state index in [9.17, 15) is 8.42 Å². The minimum absolute atomic E-state index is 0.0735. The Hall–Kier alpha value is -0.580. The van der Waals surface area contributed by atoms with Gasteiger partial charge in [0.15, 0.2) is 9.84 Å². The van der Waals surface area contributed by atoms with E-state index in [0.29, 0.717) is 18.2 Å². The number of nitrogens with two attached hydrogens (primary N) is 1. The van der Waals surface area contributed by atoms with Gasteiger partial charge in [-0.25, -0.2) is 8.42 Å². The van der Waals surface area contributed by atoms with Gasteiger partial charge in [-0.05, 0) is 19.3 Å². The van der Waals surface area contributed by atoms with E-state index in [1.165, 1.54) is 12.8 Å². The van der Waals surface area contributed by atoms with Crippen LogP contribution in [0, 0.1) is 5.92 Å². The summed E-state index contributed by atoms with van der Waals surface area (Å²) in [5, 5.41) is 0. The highest BCUT2D eigenvalue weighted by Crippen LogP contribution is 2.25. The molecular weight excluding hydrogens is 212 g/mol. The van der Waals surface area contributed by atoms with E-state index in [1.54, 1.807) is 0 Å². The molecule has 0 radical (unpaired) electrons. The maximum Gasteiger partial charge on any atom is 0.152 e. The monoisotopic (exact) mass is 230 g/mol. The van der Waals surface area contributed by atoms with E-state index in [-0.39, 0.29) is 17.5 Å². The average molecular weight is 230 g/mol. The smallest absolute Gasteiger partial charge is 0.152 e. The summed E-state index contributed by atoms with van der Waals surface area (Å²) in [7, 11) is -2.83. The molecule has 1 unspecified atom stereocenters. The molecule has 5 heteroatoms. The van der Waals surface area contributed by atoms with Gasteiger partial charge in [0, 0.05) is 5.92 Å². The Bertz CT molecular complexity index is 356. The molecule has 86 valence electrons. The van der Waals surface area contributed by atoms with Gasteiger partial charge in [-0.1, -0.05) is 12.8 Å². The highest BCUT2D eigenvalue weighted by Gasteiger charge is 2.28. The number of aliphatic imine (C=N–C) groups is 1. The predicted octanol–water partition coefficient (Wildman–Crippen LogP) is 0.721. The lowest BCUT2D eigenvalue weighted by Gasteiger charge is -2.10. The molecule has 0 aromatic carbocycles. The van der Waals surface area contributed by atoms with Crippen LogP contribution in [0.2, 0.25) is 0 Å². The maximum atomic E-state index is 11.2. The fourth-order valence-electron chi connectivity index (χ4n) is 2.42. The molecule has 4 nitrogen and oxygen atoms in total. The van der Waals surface area contributed by atoms with E-state index < -0.39 is 9.84 Å². The van der Waals surface area contributed by atoms with Crippen molar-refractivity contribution in [2.75, 3.05) is 11.5 Å². The Morgan fingerprint density at radius 1 is 1.20 bits per heavy atom. The largest absolute Gasteiger partial charge is 0.387 e. The van der Waals surface area contributed by atoms with Crippen molar-refractivity contribution in [1.29, 1.82) is 0 Å². The number of hydrogen-bond donors (Lipinski definition) is 1. The molecule has 1 saturated carbocycles. The van der Waals surface area contributed by atoms with Crippen LogP contribution >= 0.6 is 0 Å². The third-order valence-electron chi connectivity index (χ3n) is 3.31. The Kier molecular flexibility index (Phi) is 3.00. The van der Waals surface area contributed by atoms with Gasteiger partial charge in [0.05, 0.1) is 23.4 Å². The van der Waals surface area contributed by atoms with Crippen LogP contribution in [0.5, 0.6) is 0 Å². The van der Waals surface area contributed by atoms with Gasteiger partial charge in [0.25, 0.3) is 0 Å². The molecule has 0 amide bonds. The minimum atomic E-state index is -2.83. The first-order valence-electron chi connectivity index (χ1n) is 5.60. The Balaban J connectivity index is 1.98. The lowest BCUT2D eigenvalue weighted by Crippen LogP contribution is -2.24. The first-order valence-corrected chi connectivity index (χ1v) is 7.42. The summed E-state index contributed by atoms with van der Waals surface area (Å²) in [5.41, 5.74) is 5.90. The Morgan fingerprint density at radius 3 is 2.40 bits per heavy atom. The van der Waals surface area contributed by atoms with E-state index in [4.69, 9.17) is 5.73 Å². The number of hydrogen-bond acceptors (Lipinski definition) is 3. The van der Waals surface area contributed by atoms with Gasteiger partial charge in [0.1, 0.15) is 0 Å². The van der Waals surface area contributed by atoms with Crippen molar-refractivity contribution in [3.8, 4) is 0 Å². The molecule has 1 heterocycles. The standard InChI is InChI=1S/C10H18N2O2S/c11-10(8-3-1-2-4-8)12-9-5-6-15(13,14)7-9/h8-9H,1-7H2,(H2,11,12). The van der Waals surface area contributed by atoms with Crippen molar-refractivity contribution in [2.24, 2.45) is 16.6 Å². The van der Waals surface area contributed by atoms with Gasteiger partial charge < -0.3 is 5.73 Å². The molecule has 0 aromatic heterocycles. The van der Waals surface area contributed by atoms with Crippen molar-refractivity contribution >= 4 is 15.7 Å². The zero-order valence-electron chi connectivity index (χ0n) is 8.85. The van der Waals surface area contributed by atoms with Gasteiger partial charge in [-0.2, -0.15) is 0 Å². The summed E-state index contributed by atoms with van der Waals surface area (Å²) in [4.78, 5) is 4.37. The molecule has 0 spiro atoms. The summed E-state index contributed by atoms with van der Waals surface area (Å²) >= 11 is 0. The van der Waals surface area contributed by atoms with Gasteiger partial charge >= 0.3 is 0 Å². The topological polar surface area (TPSA) is 72.5 Å². The third kappa shape index (κ3) is 2.71. The first-order chi connectivity index (χ1) is 7.07. The molecule has 2 fully saturated rings. The molecule has 2 aliphatic rings. The Labute approximate surface area is 90.9 Å². The zero-order valence-corrected chi connectivity index (χ0v) is 9.67.